The van der Waals surface area contributed by atoms with Crippen LogP contribution in [-0.2, 0) is 0 Å². The van der Waals surface area contributed by atoms with Gasteiger partial charge < -0.3 is 15.4 Å². The first-order valence-corrected chi connectivity index (χ1v) is 11.2. The number of benzene rings is 3. The number of ether oxygens (including phenoxy) is 1. The van der Waals surface area contributed by atoms with E-state index in [1.54, 1.807) is 72.7 Å². The zero-order chi connectivity index (χ0) is 23.8. The van der Waals surface area contributed by atoms with E-state index in [2.05, 4.69) is 10.6 Å². The molecule has 0 radical (unpaired) electrons. The predicted molar refractivity (Wildman–Crippen MR) is 134 cm³/mol. The van der Waals surface area contributed by atoms with Gasteiger partial charge in [0, 0.05) is 35.1 Å². The molecule has 0 spiro atoms. The van der Waals surface area contributed by atoms with Crippen LogP contribution in [0.4, 0.5) is 16.2 Å². The normalized spacial score (nSPS) is 10.4. The summed E-state index contributed by atoms with van der Waals surface area (Å²) in [5, 5.41) is 6.90. The molecule has 3 rings (SSSR count). The first kappa shape index (κ1) is 24.7. The average Bonchev–Trinajstić information content (AvgIpc) is 2.80. The van der Waals surface area contributed by atoms with Gasteiger partial charge in [0.1, 0.15) is 5.75 Å². The number of nitrogens with zero attached hydrogens (tertiary/aromatic N) is 1. The standard InChI is InChI=1S/C24H22Cl3N3O3/c1-33-20-9-7-19(8-10-20)30(24(32)29-18-5-2-4-17(25)15-18)13-3-12-28-23(31)16-6-11-21(26)22(27)14-16/h2,4-11,14-15H,3,12-13H2,1H3,(H,28,31)(H,29,32). The molecule has 9 heteroatoms. The molecule has 0 heterocycles. The van der Waals surface area contributed by atoms with Crippen molar-refractivity contribution in [2.75, 3.05) is 30.4 Å². The number of amides is 3. The number of hydrogen-bond acceptors (Lipinski definition) is 3. The van der Waals surface area contributed by atoms with Crippen molar-refractivity contribution >= 4 is 58.1 Å². The summed E-state index contributed by atoms with van der Waals surface area (Å²) < 4.78 is 5.20. The molecule has 0 aromatic heterocycles. The Morgan fingerprint density at radius 1 is 0.939 bits per heavy atom. The topological polar surface area (TPSA) is 70.7 Å². The van der Waals surface area contributed by atoms with Crippen molar-refractivity contribution in [1.82, 2.24) is 5.32 Å². The summed E-state index contributed by atoms with van der Waals surface area (Å²) in [6.07, 6.45) is 0.516. The van der Waals surface area contributed by atoms with Gasteiger partial charge in [-0.2, -0.15) is 0 Å². The van der Waals surface area contributed by atoms with Gasteiger partial charge >= 0.3 is 6.03 Å². The maximum absolute atomic E-state index is 13.0. The number of methoxy groups -OCH3 is 1. The lowest BCUT2D eigenvalue weighted by molar-refractivity contribution is 0.0953. The number of carbonyl (C=O) groups excluding carboxylic acids is 2. The summed E-state index contributed by atoms with van der Waals surface area (Å²) in [4.78, 5) is 27.0. The zero-order valence-electron chi connectivity index (χ0n) is 17.8. The lowest BCUT2D eigenvalue weighted by atomic mass is 10.2. The molecule has 172 valence electrons. The number of rotatable bonds is 8. The number of hydrogen-bond donors (Lipinski definition) is 2. The van der Waals surface area contributed by atoms with E-state index < -0.39 is 0 Å². The Morgan fingerprint density at radius 2 is 1.70 bits per heavy atom. The van der Waals surface area contributed by atoms with E-state index in [4.69, 9.17) is 39.5 Å². The summed E-state index contributed by atoms with van der Waals surface area (Å²) >= 11 is 17.9. The summed E-state index contributed by atoms with van der Waals surface area (Å²) in [5.41, 5.74) is 1.68. The van der Waals surface area contributed by atoms with Gasteiger partial charge in [0.2, 0.25) is 0 Å². The summed E-state index contributed by atoms with van der Waals surface area (Å²) in [6.45, 7) is 0.719. The van der Waals surface area contributed by atoms with E-state index in [1.807, 2.05) is 0 Å². The molecule has 6 nitrogen and oxygen atoms in total. The van der Waals surface area contributed by atoms with Crippen molar-refractivity contribution in [2.45, 2.75) is 6.42 Å². The molecule has 0 fully saturated rings. The second kappa shape index (κ2) is 11.8. The number of urea groups is 1. The van der Waals surface area contributed by atoms with E-state index >= 15 is 0 Å². The van der Waals surface area contributed by atoms with Crippen LogP contribution in [0.25, 0.3) is 0 Å². The first-order valence-electron chi connectivity index (χ1n) is 10.1. The SMILES string of the molecule is COc1ccc(N(CCCNC(=O)c2ccc(Cl)c(Cl)c2)C(=O)Nc2cccc(Cl)c2)cc1. The Hall–Kier alpha value is -2.93. The van der Waals surface area contributed by atoms with E-state index in [0.29, 0.717) is 57.3 Å². The van der Waals surface area contributed by atoms with Crippen LogP contribution in [0.5, 0.6) is 5.75 Å². The highest BCUT2D eigenvalue weighted by Crippen LogP contribution is 2.23. The van der Waals surface area contributed by atoms with Crippen LogP contribution in [0.3, 0.4) is 0 Å². The molecular weight excluding hydrogens is 485 g/mol. The molecule has 3 aromatic carbocycles. The van der Waals surface area contributed by atoms with Gasteiger partial charge in [0.05, 0.1) is 17.2 Å². The van der Waals surface area contributed by atoms with Gasteiger partial charge in [0.25, 0.3) is 5.91 Å². The molecular formula is C24H22Cl3N3O3. The highest BCUT2D eigenvalue weighted by molar-refractivity contribution is 6.42. The van der Waals surface area contributed by atoms with Gasteiger partial charge in [-0.05, 0) is 67.1 Å². The highest BCUT2D eigenvalue weighted by atomic mass is 35.5. The van der Waals surface area contributed by atoms with Crippen LogP contribution in [0.2, 0.25) is 15.1 Å². The Balaban J connectivity index is 1.65. The second-order valence-corrected chi connectivity index (χ2v) is 8.28. The molecule has 0 aliphatic rings. The van der Waals surface area contributed by atoms with Crippen LogP contribution in [-0.4, -0.2) is 32.1 Å². The molecule has 2 N–H and O–H groups in total. The molecule has 3 amide bonds. The minimum absolute atomic E-state index is 0.270. The lowest BCUT2D eigenvalue weighted by Gasteiger charge is -2.24. The largest absolute Gasteiger partial charge is 0.497 e. The number of carbonyl (C=O) groups is 2. The number of nitrogens with one attached hydrogen (secondary N) is 2. The van der Waals surface area contributed by atoms with Gasteiger partial charge in [-0.15, -0.1) is 0 Å². The van der Waals surface area contributed by atoms with E-state index in [1.165, 1.54) is 6.07 Å². The third kappa shape index (κ3) is 7.02. The van der Waals surface area contributed by atoms with Gasteiger partial charge in [-0.1, -0.05) is 40.9 Å². The Bertz CT molecular complexity index is 1120. The average molecular weight is 507 g/mol. The van der Waals surface area contributed by atoms with Crippen molar-refractivity contribution in [3.63, 3.8) is 0 Å². The van der Waals surface area contributed by atoms with E-state index in [0.717, 1.165) is 0 Å². The lowest BCUT2D eigenvalue weighted by Crippen LogP contribution is -2.37. The fraction of sp³-hybridized carbons (Fsp3) is 0.167. The zero-order valence-corrected chi connectivity index (χ0v) is 20.0. The third-order valence-electron chi connectivity index (χ3n) is 4.73. The molecule has 0 bridgehead atoms. The highest BCUT2D eigenvalue weighted by Gasteiger charge is 2.16. The maximum atomic E-state index is 13.0. The summed E-state index contributed by atoms with van der Waals surface area (Å²) in [5.74, 6) is 0.413. The second-order valence-electron chi connectivity index (χ2n) is 7.03. The fourth-order valence-corrected chi connectivity index (χ4v) is 3.53. The smallest absolute Gasteiger partial charge is 0.326 e. The Labute approximate surface area is 207 Å². The minimum Gasteiger partial charge on any atom is -0.497 e. The molecule has 33 heavy (non-hydrogen) atoms. The van der Waals surface area contributed by atoms with Crippen molar-refractivity contribution in [3.05, 3.63) is 87.4 Å². The van der Waals surface area contributed by atoms with Crippen LogP contribution < -0.4 is 20.3 Å². The molecule has 0 aliphatic heterocycles. The van der Waals surface area contributed by atoms with Gasteiger partial charge in [0.15, 0.2) is 0 Å². The predicted octanol–water partition coefficient (Wildman–Crippen LogP) is 6.51. The van der Waals surface area contributed by atoms with Crippen LogP contribution in [0, 0.1) is 0 Å². The van der Waals surface area contributed by atoms with Crippen molar-refractivity contribution in [3.8, 4) is 5.75 Å². The fourth-order valence-electron chi connectivity index (χ4n) is 3.05. The summed E-state index contributed by atoms with van der Waals surface area (Å²) in [6, 6.07) is 18.4. The van der Waals surface area contributed by atoms with E-state index in [-0.39, 0.29) is 11.9 Å². The van der Waals surface area contributed by atoms with Crippen LogP contribution in [0.1, 0.15) is 16.8 Å². The van der Waals surface area contributed by atoms with Gasteiger partial charge in [-0.25, -0.2) is 4.79 Å². The quantitative estimate of drug-likeness (QED) is 0.342. The minimum atomic E-state index is -0.321. The molecule has 0 saturated carbocycles. The summed E-state index contributed by atoms with van der Waals surface area (Å²) in [7, 11) is 1.58. The third-order valence-corrected chi connectivity index (χ3v) is 5.71. The maximum Gasteiger partial charge on any atom is 0.326 e. The molecule has 0 saturated heterocycles. The Kier molecular flexibility index (Phi) is 8.83. The van der Waals surface area contributed by atoms with Crippen molar-refractivity contribution in [1.29, 1.82) is 0 Å². The van der Waals surface area contributed by atoms with Crippen molar-refractivity contribution < 1.29 is 14.3 Å². The number of anilines is 2. The van der Waals surface area contributed by atoms with E-state index in [9.17, 15) is 9.59 Å². The van der Waals surface area contributed by atoms with Crippen LogP contribution >= 0.6 is 34.8 Å². The first-order chi connectivity index (χ1) is 15.9. The molecule has 0 atom stereocenters. The van der Waals surface area contributed by atoms with Crippen molar-refractivity contribution in [2.24, 2.45) is 0 Å². The monoisotopic (exact) mass is 505 g/mol. The molecule has 3 aromatic rings. The van der Waals surface area contributed by atoms with Crippen LogP contribution in [0.15, 0.2) is 66.7 Å². The molecule has 0 unspecified atom stereocenters. The number of halogens is 3. The Morgan fingerprint density at radius 3 is 2.36 bits per heavy atom. The molecule has 0 aliphatic carbocycles. The van der Waals surface area contributed by atoms with Gasteiger partial charge in [-0.3, -0.25) is 9.69 Å².